The summed E-state index contributed by atoms with van der Waals surface area (Å²) in [5, 5.41) is 3.88. The van der Waals surface area contributed by atoms with Crippen LogP contribution in [0.5, 0.6) is 5.75 Å². The first-order chi connectivity index (χ1) is 15.2. The number of anilines is 1. The largest absolute Gasteiger partial charge is 0.492 e. The molecule has 3 heterocycles. The summed E-state index contributed by atoms with van der Waals surface area (Å²) in [4.78, 5) is 19.1. The number of rotatable bonds is 5. The lowest BCUT2D eigenvalue weighted by molar-refractivity contribution is 0.0997. The highest BCUT2D eigenvalue weighted by Crippen LogP contribution is 2.34. The van der Waals surface area contributed by atoms with Crippen LogP contribution in [0.1, 0.15) is 28.8 Å². The molecule has 1 aromatic heterocycles. The summed E-state index contributed by atoms with van der Waals surface area (Å²) in [6.07, 6.45) is 5.88. The molecule has 1 fully saturated rings. The zero-order valence-electron chi connectivity index (χ0n) is 17.2. The van der Waals surface area contributed by atoms with Crippen molar-refractivity contribution >= 4 is 23.2 Å². The number of hydrogen-bond acceptors (Lipinski definition) is 4. The van der Waals surface area contributed by atoms with Crippen LogP contribution in [0.4, 0.5) is 5.69 Å². The zero-order valence-corrected chi connectivity index (χ0v) is 17.9. The van der Waals surface area contributed by atoms with Gasteiger partial charge in [0.15, 0.2) is 0 Å². The highest BCUT2D eigenvalue weighted by atomic mass is 35.5. The van der Waals surface area contributed by atoms with Gasteiger partial charge in [-0.05, 0) is 67.2 Å². The molecule has 158 valence electrons. The molecule has 1 N–H and O–H groups in total. The van der Waals surface area contributed by atoms with Gasteiger partial charge < -0.3 is 15.0 Å². The van der Waals surface area contributed by atoms with Gasteiger partial charge in [-0.1, -0.05) is 35.9 Å². The lowest BCUT2D eigenvalue weighted by Crippen LogP contribution is -2.30. The molecule has 6 heteroatoms. The maximum absolute atomic E-state index is 13.0. The second kappa shape index (κ2) is 8.69. The van der Waals surface area contributed by atoms with Gasteiger partial charge in [0.2, 0.25) is 0 Å². The normalized spacial score (nSPS) is 16.4. The molecule has 5 rings (SSSR count). The van der Waals surface area contributed by atoms with E-state index < -0.39 is 0 Å². The Hall–Kier alpha value is -2.89. The minimum atomic E-state index is -0.0602. The van der Waals surface area contributed by atoms with Crippen LogP contribution in [0.3, 0.4) is 0 Å². The molecule has 0 saturated carbocycles. The van der Waals surface area contributed by atoms with Crippen LogP contribution in [0, 0.1) is 5.92 Å². The Kier molecular flexibility index (Phi) is 5.62. The molecule has 0 unspecified atom stereocenters. The fraction of sp³-hybridized carbons (Fsp3) is 0.280. The highest BCUT2D eigenvalue weighted by molar-refractivity contribution is 6.35. The number of carbonyl (C=O) groups is 1. The fourth-order valence-corrected chi connectivity index (χ4v) is 4.57. The van der Waals surface area contributed by atoms with E-state index in [1.807, 2.05) is 48.7 Å². The van der Waals surface area contributed by atoms with Gasteiger partial charge in [-0.15, -0.1) is 0 Å². The standard InChI is InChI=1S/C25H24ClN3O2/c26-23-6-2-4-19-15-29(25(30)24(19)23)21-5-1-3-18(11-21)20-12-22(14-28-13-20)31-16-17-7-9-27-10-8-17/h1-6,11-14,17,27H,7-10,15-16H2. The second-order valence-corrected chi connectivity index (χ2v) is 8.54. The number of ether oxygens (including phenoxy) is 1. The maximum Gasteiger partial charge on any atom is 0.260 e. The molecule has 3 aromatic rings. The Labute approximate surface area is 187 Å². The van der Waals surface area contributed by atoms with E-state index in [1.54, 1.807) is 17.2 Å². The van der Waals surface area contributed by atoms with Crippen LogP contribution in [0.15, 0.2) is 60.9 Å². The van der Waals surface area contributed by atoms with Gasteiger partial charge in [-0.3, -0.25) is 9.78 Å². The van der Waals surface area contributed by atoms with Gasteiger partial charge in [0.25, 0.3) is 5.91 Å². The molecule has 31 heavy (non-hydrogen) atoms. The first kappa shape index (κ1) is 20.0. The molecule has 1 amide bonds. The fourth-order valence-electron chi connectivity index (χ4n) is 4.30. The van der Waals surface area contributed by atoms with Gasteiger partial charge in [0, 0.05) is 17.4 Å². The second-order valence-electron chi connectivity index (χ2n) is 8.13. The summed E-state index contributed by atoms with van der Waals surface area (Å²) in [5.41, 5.74) is 4.36. The molecule has 2 aliphatic heterocycles. The molecule has 2 aromatic carbocycles. The van der Waals surface area contributed by atoms with E-state index in [0.29, 0.717) is 29.7 Å². The van der Waals surface area contributed by atoms with E-state index in [4.69, 9.17) is 16.3 Å². The molecule has 1 saturated heterocycles. The predicted octanol–water partition coefficient (Wildman–Crippen LogP) is 4.94. The molecule has 2 aliphatic rings. The van der Waals surface area contributed by atoms with Crippen molar-refractivity contribution in [2.75, 3.05) is 24.6 Å². The van der Waals surface area contributed by atoms with Crippen molar-refractivity contribution in [3.63, 3.8) is 0 Å². The number of nitrogens with zero attached hydrogens (tertiary/aromatic N) is 2. The topological polar surface area (TPSA) is 54.5 Å². The SMILES string of the molecule is O=C1c2c(Cl)cccc2CN1c1cccc(-c2cncc(OCC3CCNCC3)c2)c1. The van der Waals surface area contributed by atoms with E-state index in [2.05, 4.69) is 10.3 Å². The first-order valence-electron chi connectivity index (χ1n) is 10.7. The van der Waals surface area contributed by atoms with Gasteiger partial charge in [0.1, 0.15) is 5.75 Å². The van der Waals surface area contributed by atoms with E-state index in [1.165, 1.54) is 0 Å². The third-order valence-electron chi connectivity index (χ3n) is 6.04. The average molecular weight is 434 g/mol. The Morgan fingerprint density at radius 3 is 2.74 bits per heavy atom. The average Bonchev–Trinajstić information content (AvgIpc) is 3.16. The smallest absolute Gasteiger partial charge is 0.260 e. The number of nitrogens with one attached hydrogen (secondary N) is 1. The van der Waals surface area contributed by atoms with E-state index in [0.717, 1.165) is 54.1 Å². The van der Waals surface area contributed by atoms with Crippen molar-refractivity contribution in [1.82, 2.24) is 10.3 Å². The Bertz CT molecular complexity index is 1110. The summed E-state index contributed by atoms with van der Waals surface area (Å²) in [5.74, 6) is 1.30. The predicted molar refractivity (Wildman–Crippen MR) is 123 cm³/mol. The van der Waals surface area contributed by atoms with Gasteiger partial charge >= 0.3 is 0 Å². The van der Waals surface area contributed by atoms with E-state index >= 15 is 0 Å². The van der Waals surface area contributed by atoms with Crippen LogP contribution >= 0.6 is 11.6 Å². The number of benzene rings is 2. The Morgan fingerprint density at radius 2 is 1.90 bits per heavy atom. The third-order valence-corrected chi connectivity index (χ3v) is 6.35. The Balaban J connectivity index is 1.35. The summed E-state index contributed by atoms with van der Waals surface area (Å²) in [7, 11) is 0. The van der Waals surface area contributed by atoms with Gasteiger partial charge in [-0.2, -0.15) is 0 Å². The Morgan fingerprint density at radius 1 is 1.06 bits per heavy atom. The number of amides is 1. The van der Waals surface area contributed by atoms with Crippen molar-refractivity contribution < 1.29 is 9.53 Å². The number of fused-ring (bicyclic) bond motifs is 1. The molecular weight excluding hydrogens is 410 g/mol. The van der Waals surface area contributed by atoms with E-state index in [9.17, 15) is 4.79 Å². The van der Waals surface area contributed by atoms with Crippen LogP contribution in [-0.2, 0) is 6.54 Å². The molecular formula is C25H24ClN3O2. The van der Waals surface area contributed by atoms with Crippen molar-refractivity contribution in [3.05, 3.63) is 77.1 Å². The monoisotopic (exact) mass is 433 g/mol. The van der Waals surface area contributed by atoms with Gasteiger partial charge in [0.05, 0.1) is 29.9 Å². The van der Waals surface area contributed by atoms with Crippen LogP contribution in [0.25, 0.3) is 11.1 Å². The summed E-state index contributed by atoms with van der Waals surface area (Å²) >= 11 is 6.27. The van der Waals surface area contributed by atoms with Gasteiger partial charge in [-0.25, -0.2) is 0 Å². The highest BCUT2D eigenvalue weighted by Gasteiger charge is 2.30. The molecule has 0 bridgehead atoms. The minimum Gasteiger partial charge on any atom is -0.492 e. The number of piperidine rings is 1. The third kappa shape index (κ3) is 4.16. The number of pyridine rings is 1. The minimum absolute atomic E-state index is 0.0602. The molecule has 0 aliphatic carbocycles. The first-order valence-corrected chi connectivity index (χ1v) is 11.0. The number of hydrogen-bond donors (Lipinski definition) is 1. The van der Waals surface area contributed by atoms with Crippen LogP contribution in [0.2, 0.25) is 5.02 Å². The number of halogens is 1. The number of carbonyl (C=O) groups excluding carboxylic acids is 1. The van der Waals surface area contributed by atoms with Crippen LogP contribution in [-0.4, -0.2) is 30.6 Å². The molecule has 5 nitrogen and oxygen atoms in total. The van der Waals surface area contributed by atoms with E-state index in [-0.39, 0.29) is 5.91 Å². The summed E-state index contributed by atoms with van der Waals surface area (Å²) < 4.78 is 6.04. The van der Waals surface area contributed by atoms with Crippen molar-refractivity contribution in [3.8, 4) is 16.9 Å². The van der Waals surface area contributed by atoms with Crippen molar-refractivity contribution in [2.45, 2.75) is 19.4 Å². The lowest BCUT2D eigenvalue weighted by Gasteiger charge is -2.22. The van der Waals surface area contributed by atoms with Crippen LogP contribution < -0.4 is 15.0 Å². The maximum atomic E-state index is 13.0. The molecule has 0 atom stereocenters. The molecule has 0 spiro atoms. The quantitative estimate of drug-likeness (QED) is 0.619. The zero-order chi connectivity index (χ0) is 21.2. The lowest BCUT2D eigenvalue weighted by atomic mass is 9.99. The summed E-state index contributed by atoms with van der Waals surface area (Å²) in [6.45, 7) is 3.36. The van der Waals surface area contributed by atoms with Crippen molar-refractivity contribution in [1.29, 1.82) is 0 Å². The number of aromatic nitrogens is 1. The summed E-state index contributed by atoms with van der Waals surface area (Å²) in [6, 6.07) is 15.6. The van der Waals surface area contributed by atoms with Crippen molar-refractivity contribution in [2.24, 2.45) is 5.92 Å². The molecule has 0 radical (unpaired) electrons.